The van der Waals surface area contributed by atoms with Crippen LogP contribution in [0.25, 0.3) is 0 Å². The van der Waals surface area contributed by atoms with Crippen molar-refractivity contribution in [3.63, 3.8) is 0 Å². The first-order valence-corrected chi connectivity index (χ1v) is 7.67. The van der Waals surface area contributed by atoms with Gasteiger partial charge in [-0.2, -0.15) is 0 Å². The molecule has 20 heavy (non-hydrogen) atoms. The Balaban J connectivity index is 1.73. The Hall–Kier alpha value is -1.23. The van der Waals surface area contributed by atoms with Gasteiger partial charge < -0.3 is 10.0 Å². The van der Waals surface area contributed by atoms with Crippen LogP contribution < -0.4 is 0 Å². The van der Waals surface area contributed by atoms with Crippen LogP contribution in [0.4, 0.5) is 4.39 Å². The topological polar surface area (TPSA) is 23.5 Å². The second kappa shape index (κ2) is 7.53. The second-order valence-electron chi connectivity index (χ2n) is 4.99. The number of halogens is 1. The number of aliphatic hydroxyl groups excluding tert-OH is 1. The van der Waals surface area contributed by atoms with E-state index in [1.54, 1.807) is 23.5 Å². The molecule has 0 fully saturated rings. The Morgan fingerprint density at radius 1 is 1.25 bits per heavy atom. The largest absolute Gasteiger partial charge is 0.388 e. The quantitative estimate of drug-likeness (QED) is 0.845. The van der Waals surface area contributed by atoms with E-state index in [1.165, 1.54) is 17.0 Å². The maximum absolute atomic E-state index is 13.1. The van der Waals surface area contributed by atoms with E-state index in [0.29, 0.717) is 12.0 Å². The first-order chi connectivity index (χ1) is 9.65. The summed E-state index contributed by atoms with van der Waals surface area (Å²) in [6, 6.07) is 10.4. The van der Waals surface area contributed by atoms with Gasteiger partial charge in [0, 0.05) is 18.0 Å². The molecule has 0 aliphatic carbocycles. The van der Waals surface area contributed by atoms with Gasteiger partial charge in [0.1, 0.15) is 5.82 Å². The van der Waals surface area contributed by atoms with E-state index in [4.69, 9.17) is 0 Å². The van der Waals surface area contributed by atoms with Crippen LogP contribution in [0.15, 0.2) is 41.8 Å². The summed E-state index contributed by atoms with van der Waals surface area (Å²) in [5, 5.41) is 12.1. The molecule has 1 heterocycles. The van der Waals surface area contributed by atoms with Crippen molar-refractivity contribution in [2.24, 2.45) is 0 Å². The van der Waals surface area contributed by atoms with Crippen LogP contribution in [-0.2, 0) is 6.42 Å². The van der Waals surface area contributed by atoms with E-state index in [9.17, 15) is 9.50 Å². The molecule has 0 radical (unpaired) electrons. The lowest BCUT2D eigenvalue weighted by Gasteiger charge is -2.18. The van der Waals surface area contributed by atoms with Crippen molar-refractivity contribution < 1.29 is 9.50 Å². The lowest BCUT2D eigenvalue weighted by atomic mass is 10.1. The Labute approximate surface area is 123 Å². The SMILES string of the molecule is CN(CCc1cccs1)CCC(O)c1cccc(F)c1. The molecule has 0 spiro atoms. The molecular formula is C16H20FNOS. The van der Waals surface area contributed by atoms with Crippen LogP contribution in [0.1, 0.15) is 23.0 Å². The standard InChI is InChI=1S/C16H20FNOS/c1-18(9-7-15-6-3-11-20-15)10-8-16(19)13-4-2-5-14(17)12-13/h2-6,11-12,16,19H,7-10H2,1H3. The average Bonchev–Trinajstić information content (AvgIpc) is 2.95. The van der Waals surface area contributed by atoms with Gasteiger partial charge in [-0.05, 0) is 49.0 Å². The van der Waals surface area contributed by atoms with Gasteiger partial charge in [0.2, 0.25) is 0 Å². The van der Waals surface area contributed by atoms with Crippen molar-refractivity contribution in [1.29, 1.82) is 0 Å². The summed E-state index contributed by atoms with van der Waals surface area (Å²) in [7, 11) is 2.05. The van der Waals surface area contributed by atoms with E-state index in [-0.39, 0.29) is 5.82 Å². The molecule has 2 rings (SSSR count). The molecule has 0 amide bonds. The molecule has 0 bridgehead atoms. The summed E-state index contributed by atoms with van der Waals surface area (Å²) in [5.74, 6) is -0.299. The average molecular weight is 293 g/mol. The minimum atomic E-state index is -0.602. The highest BCUT2D eigenvalue weighted by Crippen LogP contribution is 2.18. The molecule has 4 heteroatoms. The van der Waals surface area contributed by atoms with E-state index in [2.05, 4.69) is 22.4 Å². The highest BCUT2D eigenvalue weighted by atomic mass is 32.1. The van der Waals surface area contributed by atoms with Gasteiger partial charge in [-0.1, -0.05) is 18.2 Å². The Morgan fingerprint density at radius 3 is 2.80 bits per heavy atom. The maximum Gasteiger partial charge on any atom is 0.123 e. The molecule has 2 nitrogen and oxygen atoms in total. The number of hydrogen-bond acceptors (Lipinski definition) is 3. The fourth-order valence-corrected chi connectivity index (χ4v) is 2.79. The van der Waals surface area contributed by atoms with Gasteiger partial charge in [-0.3, -0.25) is 0 Å². The van der Waals surface area contributed by atoms with Crippen LogP contribution in [0, 0.1) is 5.82 Å². The smallest absolute Gasteiger partial charge is 0.123 e. The zero-order valence-electron chi connectivity index (χ0n) is 11.6. The van der Waals surface area contributed by atoms with Gasteiger partial charge in [0.25, 0.3) is 0 Å². The zero-order chi connectivity index (χ0) is 14.4. The van der Waals surface area contributed by atoms with Gasteiger partial charge in [0.15, 0.2) is 0 Å². The van der Waals surface area contributed by atoms with Crippen molar-refractivity contribution in [2.75, 3.05) is 20.1 Å². The molecular weight excluding hydrogens is 273 g/mol. The fourth-order valence-electron chi connectivity index (χ4n) is 2.09. The second-order valence-corrected chi connectivity index (χ2v) is 6.02. The first kappa shape index (κ1) is 15.2. The van der Waals surface area contributed by atoms with Crippen molar-refractivity contribution in [3.05, 3.63) is 58.0 Å². The molecule has 1 unspecified atom stereocenters. The number of thiophene rings is 1. The van der Waals surface area contributed by atoms with Gasteiger partial charge in [-0.15, -0.1) is 11.3 Å². The summed E-state index contributed by atoms with van der Waals surface area (Å²) >= 11 is 1.77. The van der Waals surface area contributed by atoms with Gasteiger partial charge in [0.05, 0.1) is 6.10 Å². The van der Waals surface area contributed by atoms with Gasteiger partial charge >= 0.3 is 0 Å². The third-order valence-corrected chi connectivity index (χ3v) is 4.27. The van der Waals surface area contributed by atoms with Crippen LogP contribution in [0.2, 0.25) is 0 Å². The molecule has 0 aliphatic heterocycles. The molecule has 0 saturated heterocycles. The number of rotatable bonds is 7. The predicted octanol–water partition coefficient (Wildman–Crippen LogP) is 3.49. The fraction of sp³-hybridized carbons (Fsp3) is 0.375. The monoisotopic (exact) mass is 293 g/mol. The number of hydrogen-bond donors (Lipinski definition) is 1. The van der Waals surface area contributed by atoms with Crippen molar-refractivity contribution in [3.8, 4) is 0 Å². The van der Waals surface area contributed by atoms with Crippen LogP contribution in [-0.4, -0.2) is 30.1 Å². The van der Waals surface area contributed by atoms with Crippen LogP contribution >= 0.6 is 11.3 Å². The summed E-state index contributed by atoms with van der Waals surface area (Å²) in [6.45, 7) is 1.76. The highest BCUT2D eigenvalue weighted by molar-refractivity contribution is 7.09. The summed E-state index contributed by atoms with van der Waals surface area (Å²) < 4.78 is 13.1. The van der Waals surface area contributed by atoms with Crippen molar-refractivity contribution in [2.45, 2.75) is 18.9 Å². The van der Waals surface area contributed by atoms with E-state index in [1.807, 2.05) is 7.05 Å². The van der Waals surface area contributed by atoms with Crippen LogP contribution in [0.3, 0.4) is 0 Å². The summed E-state index contributed by atoms with van der Waals surface area (Å²) in [5.41, 5.74) is 0.650. The Kier molecular flexibility index (Phi) is 5.71. The number of nitrogens with zero attached hydrogens (tertiary/aromatic N) is 1. The maximum atomic E-state index is 13.1. The molecule has 1 atom stereocenters. The van der Waals surface area contributed by atoms with Crippen LogP contribution in [0.5, 0.6) is 0 Å². The summed E-state index contributed by atoms with van der Waals surface area (Å²) in [4.78, 5) is 3.57. The minimum Gasteiger partial charge on any atom is -0.388 e. The number of aliphatic hydroxyl groups is 1. The van der Waals surface area contributed by atoms with Crippen molar-refractivity contribution >= 4 is 11.3 Å². The van der Waals surface area contributed by atoms with Crippen molar-refractivity contribution in [1.82, 2.24) is 4.90 Å². The Bertz CT molecular complexity index is 515. The lowest BCUT2D eigenvalue weighted by Crippen LogP contribution is -2.23. The van der Waals surface area contributed by atoms with E-state index in [0.717, 1.165) is 19.5 Å². The molecule has 0 saturated carbocycles. The normalized spacial score (nSPS) is 12.8. The molecule has 0 aliphatic rings. The molecule has 1 aromatic carbocycles. The van der Waals surface area contributed by atoms with Gasteiger partial charge in [-0.25, -0.2) is 4.39 Å². The third-order valence-electron chi connectivity index (χ3n) is 3.34. The Morgan fingerprint density at radius 2 is 2.10 bits per heavy atom. The highest BCUT2D eigenvalue weighted by Gasteiger charge is 2.09. The molecule has 1 N–H and O–H groups in total. The third kappa shape index (κ3) is 4.71. The van der Waals surface area contributed by atoms with E-state index >= 15 is 0 Å². The molecule has 2 aromatic rings. The summed E-state index contributed by atoms with van der Waals surface area (Å²) in [6.07, 6.45) is 1.05. The number of benzene rings is 1. The first-order valence-electron chi connectivity index (χ1n) is 6.79. The molecule has 1 aromatic heterocycles. The minimum absolute atomic E-state index is 0.299. The van der Waals surface area contributed by atoms with E-state index < -0.39 is 6.10 Å². The number of likely N-dealkylation sites (N-methyl/N-ethyl adjacent to an activating group) is 1. The molecule has 108 valence electrons. The lowest BCUT2D eigenvalue weighted by molar-refractivity contribution is 0.149. The predicted molar refractivity (Wildman–Crippen MR) is 81.5 cm³/mol. The zero-order valence-corrected chi connectivity index (χ0v) is 12.4.